The highest BCUT2D eigenvalue weighted by Gasteiger charge is 2.37. The summed E-state index contributed by atoms with van der Waals surface area (Å²) >= 11 is 0. The first kappa shape index (κ1) is 28.0. The van der Waals surface area contributed by atoms with Crippen LogP contribution in [-0.2, 0) is 4.79 Å². The number of nitrogen functional groups attached to an aromatic ring is 1. The van der Waals surface area contributed by atoms with Gasteiger partial charge in [0, 0.05) is 23.9 Å². The summed E-state index contributed by atoms with van der Waals surface area (Å²) in [6.07, 6.45) is 4.56. The van der Waals surface area contributed by atoms with Crippen molar-refractivity contribution >= 4 is 23.5 Å². The third-order valence-electron chi connectivity index (χ3n) is 6.47. The van der Waals surface area contributed by atoms with E-state index in [0.717, 1.165) is 10.2 Å². The van der Waals surface area contributed by atoms with Gasteiger partial charge in [0.05, 0.1) is 12.6 Å². The van der Waals surface area contributed by atoms with Crippen LogP contribution >= 0.6 is 0 Å². The Hall–Kier alpha value is -4.98. The molecule has 11 heteroatoms. The molecule has 3 aromatic rings. The van der Waals surface area contributed by atoms with E-state index in [1.165, 1.54) is 0 Å². The molecule has 1 fully saturated rings. The zero-order valence-electron chi connectivity index (χ0n) is 22.9. The number of allylic oxidation sites excluding steroid dienone is 1. The Bertz CT molecular complexity index is 1520. The normalized spacial score (nSPS) is 15.5. The van der Waals surface area contributed by atoms with Crippen molar-refractivity contribution in [3.63, 3.8) is 0 Å². The number of nitrogens with zero attached hydrogens (tertiary/aromatic N) is 5. The van der Waals surface area contributed by atoms with E-state index in [4.69, 9.17) is 18.1 Å². The van der Waals surface area contributed by atoms with Crippen LogP contribution in [0.25, 0.3) is 16.1 Å². The van der Waals surface area contributed by atoms with Crippen LogP contribution in [0.2, 0.25) is 0 Å². The number of aromatic nitrogens is 3. The Labute approximate surface area is 232 Å². The zero-order chi connectivity index (χ0) is 29.2. The second kappa shape index (κ2) is 11.0. The summed E-state index contributed by atoms with van der Waals surface area (Å²) in [5, 5.41) is 2.74. The molecule has 5 N–H and O–H groups in total. The van der Waals surface area contributed by atoms with E-state index in [1.54, 1.807) is 47.5 Å². The SMILES string of the molecule is [C-]#[N+]/C(=C\C(C)(C)C)C(=O)N1CCC[C@H]1c1nc(-c2ccc(C(=O)Nc3ccc(C)cn3)cc2)c(C(N)=O)n1N. The average molecular weight is 541 g/mol. The number of pyridine rings is 1. The first-order valence-electron chi connectivity index (χ1n) is 12.8. The summed E-state index contributed by atoms with van der Waals surface area (Å²) in [7, 11) is 0. The quantitative estimate of drug-likeness (QED) is 0.245. The van der Waals surface area contributed by atoms with Crippen LogP contribution in [0, 0.1) is 18.9 Å². The van der Waals surface area contributed by atoms with Gasteiger partial charge in [0.25, 0.3) is 17.7 Å². The van der Waals surface area contributed by atoms with Crippen molar-refractivity contribution in [1.82, 2.24) is 19.5 Å². The first-order valence-corrected chi connectivity index (χ1v) is 12.8. The minimum atomic E-state index is -0.783. The van der Waals surface area contributed by atoms with E-state index in [0.29, 0.717) is 42.2 Å². The van der Waals surface area contributed by atoms with E-state index in [1.807, 2.05) is 33.8 Å². The smallest absolute Gasteiger partial charge is 0.269 e. The van der Waals surface area contributed by atoms with Crippen LogP contribution in [0.4, 0.5) is 5.82 Å². The van der Waals surface area contributed by atoms with E-state index >= 15 is 0 Å². The molecule has 40 heavy (non-hydrogen) atoms. The number of carbonyl (C=O) groups is 3. The fourth-order valence-electron chi connectivity index (χ4n) is 4.61. The lowest BCUT2D eigenvalue weighted by Gasteiger charge is -2.25. The summed E-state index contributed by atoms with van der Waals surface area (Å²) in [5.74, 6) is 5.52. The molecular formula is C29H32N8O3. The average Bonchev–Trinajstić information content (AvgIpc) is 3.52. The van der Waals surface area contributed by atoms with E-state index in [9.17, 15) is 14.4 Å². The Kier molecular flexibility index (Phi) is 7.72. The molecule has 3 heterocycles. The van der Waals surface area contributed by atoms with E-state index in [2.05, 4.69) is 20.1 Å². The van der Waals surface area contributed by atoms with Crippen LogP contribution in [0.15, 0.2) is 54.4 Å². The van der Waals surface area contributed by atoms with Gasteiger partial charge >= 0.3 is 0 Å². The second-order valence-corrected chi connectivity index (χ2v) is 10.8. The molecule has 4 rings (SSSR count). The number of nitrogens with two attached hydrogens (primary N) is 2. The number of likely N-dealkylation sites (tertiary alicyclic amines) is 1. The summed E-state index contributed by atoms with van der Waals surface area (Å²) in [5.41, 5.74) is 7.46. The molecule has 0 radical (unpaired) electrons. The molecule has 1 aliphatic rings. The summed E-state index contributed by atoms with van der Waals surface area (Å²) in [4.78, 5) is 52.4. The Balaban J connectivity index is 1.64. The van der Waals surface area contributed by atoms with Gasteiger partial charge < -0.3 is 21.8 Å². The molecule has 1 atom stereocenters. The van der Waals surface area contributed by atoms with Crippen LogP contribution in [0.3, 0.4) is 0 Å². The standard InChI is InChI=1S/C29H32N8O3/c1-17-8-13-22(33-16-17)34-27(39)19-11-9-18(10-12-19)23-24(25(30)38)37(31)26(35-23)21-7-6-14-36(21)28(40)20(32-5)15-29(2,3)4/h8-13,15-16,21H,6-7,14,31H2,1-4H3,(H2,30,38)(H,33,34,39)/b20-15-/t21-/m0/s1. The fraction of sp³-hybridized carbons (Fsp3) is 0.310. The highest BCUT2D eigenvalue weighted by Crippen LogP contribution is 2.35. The number of primary amides is 1. The van der Waals surface area contributed by atoms with Gasteiger partial charge in [-0.05, 0) is 48.9 Å². The second-order valence-electron chi connectivity index (χ2n) is 10.8. The molecule has 0 bridgehead atoms. The lowest BCUT2D eigenvalue weighted by Crippen LogP contribution is -2.34. The first-order chi connectivity index (χ1) is 18.9. The minimum absolute atomic E-state index is 0.0222. The lowest BCUT2D eigenvalue weighted by molar-refractivity contribution is -0.127. The topological polar surface area (TPSA) is 154 Å². The van der Waals surface area contributed by atoms with Gasteiger partial charge in [-0.25, -0.2) is 19.5 Å². The molecular weight excluding hydrogens is 508 g/mol. The van der Waals surface area contributed by atoms with Crippen molar-refractivity contribution in [3.8, 4) is 11.3 Å². The van der Waals surface area contributed by atoms with Gasteiger partial charge in [0.15, 0.2) is 11.5 Å². The monoisotopic (exact) mass is 540 g/mol. The third kappa shape index (κ3) is 5.86. The minimum Gasteiger partial charge on any atom is -0.364 e. The summed E-state index contributed by atoms with van der Waals surface area (Å²) < 4.78 is 1.13. The number of rotatable bonds is 6. The molecule has 1 aliphatic heterocycles. The molecule has 0 saturated carbocycles. The fourth-order valence-corrected chi connectivity index (χ4v) is 4.61. The number of aryl methyl sites for hydroxylation is 1. The molecule has 2 aromatic heterocycles. The Morgan fingerprint density at radius 2 is 1.85 bits per heavy atom. The number of hydrogen-bond donors (Lipinski definition) is 3. The number of anilines is 1. The molecule has 11 nitrogen and oxygen atoms in total. The van der Waals surface area contributed by atoms with Gasteiger partial charge in [0.1, 0.15) is 11.5 Å². The van der Waals surface area contributed by atoms with Gasteiger partial charge in [-0.3, -0.25) is 14.4 Å². The predicted octanol–water partition coefficient (Wildman–Crippen LogP) is 3.83. The molecule has 3 amide bonds. The maximum absolute atomic E-state index is 13.3. The van der Waals surface area contributed by atoms with Crippen molar-refractivity contribution in [3.05, 3.63) is 88.4 Å². The maximum atomic E-state index is 13.3. The predicted molar refractivity (Wildman–Crippen MR) is 151 cm³/mol. The zero-order valence-corrected chi connectivity index (χ0v) is 22.9. The Morgan fingerprint density at radius 3 is 2.42 bits per heavy atom. The van der Waals surface area contributed by atoms with Gasteiger partial charge in [-0.1, -0.05) is 45.0 Å². The molecule has 0 aliphatic carbocycles. The highest BCUT2D eigenvalue weighted by molar-refractivity contribution is 6.04. The van der Waals surface area contributed by atoms with Crippen LogP contribution in [0.5, 0.6) is 0 Å². The number of imidazole rings is 1. The summed E-state index contributed by atoms with van der Waals surface area (Å²) in [6, 6.07) is 9.52. The van der Waals surface area contributed by atoms with Crippen molar-refractivity contribution < 1.29 is 14.4 Å². The van der Waals surface area contributed by atoms with Crippen LogP contribution in [-0.4, -0.2) is 43.8 Å². The van der Waals surface area contributed by atoms with Crippen molar-refractivity contribution in [2.75, 3.05) is 17.7 Å². The number of amides is 3. The van der Waals surface area contributed by atoms with Gasteiger partial charge in [0.2, 0.25) is 5.70 Å². The number of carbonyl (C=O) groups excluding carboxylic acids is 3. The highest BCUT2D eigenvalue weighted by atomic mass is 16.2. The van der Waals surface area contributed by atoms with Crippen molar-refractivity contribution in [2.45, 2.75) is 46.6 Å². The molecule has 0 spiro atoms. The molecule has 206 valence electrons. The van der Waals surface area contributed by atoms with E-state index < -0.39 is 17.9 Å². The van der Waals surface area contributed by atoms with Crippen molar-refractivity contribution in [2.24, 2.45) is 11.1 Å². The molecule has 0 unspecified atom stereocenters. The number of hydrogen-bond acceptors (Lipinski definition) is 6. The van der Waals surface area contributed by atoms with Gasteiger partial charge in [-0.15, -0.1) is 0 Å². The summed E-state index contributed by atoms with van der Waals surface area (Å²) in [6.45, 7) is 15.6. The van der Waals surface area contributed by atoms with Gasteiger partial charge in [-0.2, -0.15) is 0 Å². The third-order valence-corrected chi connectivity index (χ3v) is 6.47. The lowest BCUT2D eigenvalue weighted by atomic mass is 9.95. The maximum Gasteiger partial charge on any atom is 0.269 e. The van der Waals surface area contributed by atoms with E-state index in [-0.39, 0.29) is 28.4 Å². The largest absolute Gasteiger partial charge is 0.364 e. The van der Waals surface area contributed by atoms with Crippen LogP contribution < -0.4 is 16.9 Å². The molecule has 1 saturated heterocycles. The van der Waals surface area contributed by atoms with Crippen molar-refractivity contribution in [1.29, 1.82) is 0 Å². The Morgan fingerprint density at radius 1 is 1.15 bits per heavy atom. The number of nitrogens with one attached hydrogen (secondary N) is 1. The number of benzene rings is 1. The van der Waals surface area contributed by atoms with Crippen LogP contribution in [0.1, 0.15) is 71.9 Å². The molecule has 1 aromatic carbocycles.